The van der Waals surface area contributed by atoms with Gasteiger partial charge in [0.25, 0.3) is 11.5 Å². The molecule has 112 valence electrons. The number of rotatable bonds is 2. The van der Waals surface area contributed by atoms with E-state index in [4.69, 9.17) is 11.1 Å². The minimum absolute atomic E-state index is 0.212. The number of fused-ring (bicyclic) bond motifs is 1. The topological polar surface area (TPSA) is 153 Å². The standard InChI is InChI=1S/C10H14N8O3/c1-16-4-13-7-6(16)8(20)18(10(21)17(7)2)3-5(19)14-15-9(11)12/h4H,3H2,1-2H3,(H,14,19)(H4,11,12,15). The molecule has 0 aliphatic heterocycles. The molecular formula is C10H14N8O3. The number of aromatic nitrogens is 4. The molecule has 0 aliphatic rings. The number of carbonyl (C=O) groups excluding carboxylic acids is 1. The number of nitrogens with one attached hydrogen (secondary N) is 3. The van der Waals surface area contributed by atoms with Gasteiger partial charge in [-0.25, -0.2) is 14.3 Å². The second-order valence-corrected chi connectivity index (χ2v) is 4.35. The summed E-state index contributed by atoms with van der Waals surface area (Å²) in [4.78, 5) is 40.0. The van der Waals surface area contributed by atoms with Crippen LogP contribution in [0.25, 0.3) is 11.2 Å². The number of hydrazine groups is 1. The molecule has 0 bridgehead atoms. The Morgan fingerprint density at radius 3 is 2.67 bits per heavy atom. The molecule has 0 aliphatic carbocycles. The Kier molecular flexibility index (Phi) is 3.48. The first-order chi connectivity index (χ1) is 9.82. The van der Waals surface area contributed by atoms with Gasteiger partial charge in [-0.1, -0.05) is 0 Å². The van der Waals surface area contributed by atoms with E-state index in [1.807, 2.05) is 0 Å². The highest BCUT2D eigenvalue weighted by atomic mass is 16.2. The monoisotopic (exact) mass is 294 g/mol. The summed E-state index contributed by atoms with van der Waals surface area (Å²) in [6.45, 7) is -0.507. The molecule has 11 nitrogen and oxygen atoms in total. The summed E-state index contributed by atoms with van der Waals surface area (Å²) in [6.07, 6.45) is 1.41. The van der Waals surface area contributed by atoms with Gasteiger partial charge in [0.15, 0.2) is 11.2 Å². The van der Waals surface area contributed by atoms with Gasteiger partial charge in [0.05, 0.1) is 6.33 Å². The number of aryl methyl sites for hydroxylation is 2. The minimum atomic E-state index is -0.689. The minimum Gasteiger partial charge on any atom is -0.369 e. The van der Waals surface area contributed by atoms with Gasteiger partial charge in [-0.2, -0.15) is 0 Å². The second kappa shape index (κ2) is 5.11. The summed E-state index contributed by atoms with van der Waals surface area (Å²) in [5.41, 5.74) is 8.36. The molecule has 5 N–H and O–H groups in total. The maximum Gasteiger partial charge on any atom is 0.332 e. The predicted octanol–water partition coefficient (Wildman–Crippen LogP) is -3.05. The first-order valence-corrected chi connectivity index (χ1v) is 5.82. The number of nitrogens with two attached hydrogens (primary N) is 1. The highest BCUT2D eigenvalue weighted by molar-refractivity contribution is 5.81. The molecule has 0 saturated carbocycles. The Morgan fingerprint density at radius 2 is 2.05 bits per heavy atom. The third-order valence-electron chi connectivity index (χ3n) is 2.84. The smallest absolute Gasteiger partial charge is 0.332 e. The molecule has 0 saturated heterocycles. The van der Waals surface area contributed by atoms with E-state index < -0.39 is 29.7 Å². The van der Waals surface area contributed by atoms with Crippen molar-refractivity contribution in [2.75, 3.05) is 0 Å². The summed E-state index contributed by atoms with van der Waals surface area (Å²) in [5.74, 6) is -1.16. The van der Waals surface area contributed by atoms with Crippen molar-refractivity contribution in [2.45, 2.75) is 6.54 Å². The average molecular weight is 294 g/mol. The highest BCUT2D eigenvalue weighted by Crippen LogP contribution is 2.02. The van der Waals surface area contributed by atoms with Crippen LogP contribution in [0.1, 0.15) is 0 Å². The summed E-state index contributed by atoms with van der Waals surface area (Å²) < 4.78 is 3.43. The molecule has 2 aromatic rings. The molecule has 21 heavy (non-hydrogen) atoms. The van der Waals surface area contributed by atoms with Crippen molar-refractivity contribution >= 4 is 23.0 Å². The fourth-order valence-electron chi connectivity index (χ4n) is 1.86. The molecule has 0 aromatic carbocycles. The largest absolute Gasteiger partial charge is 0.369 e. The number of nitrogens with zero attached hydrogens (tertiary/aromatic N) is 4. The van der Waals surface area contributed by atoms with E-state index in [-0.39, 0.29) is 11.2 Å². The molecule has 1 amide bonds. The van der Waals surface area contributed by atoms with Crippen molar-refractivity contribution < 1.29 is 4.79 Å². The molecule has 0 radical (unpaired) electrons. The molecule has 11 heteroatoms. The molecule has 2 rings (SSSR count). The van der Waals surface area contributed by atoms with E-state index in [9.17, 15) is 14.4 Å². The zero-order valence-corrected chi connectivity index (χ0v) is 11.4. The van der Waals surface area contributed by atoms with Gasteiger partial charge in [0, 0.05) is 14.1 Å². The van der Waals surface area contributed by atoms with E-state index >= 15 is 0 Å². The van der Waals surface area contributed by atoms with Crippen LogP contribution < -0.4 is 27.8 Å². The lowest BCUT2D eigenvalue weighted by Crippen LogP contribution is -2.49. The fraction of sp³-hybridized carbons (Fsp3) is 0.300. The van der Waals surface area contributed by atoms with Crippen molar-refractivity contribution in [3.05, 3.63) is 27.2 Å². The van der Waals surface area contributed by atoms with Crippen LogP contribution in [0.3, 0.4) is 0 Å². The van der Waals surface area contributed by atoms with E-state index in [0.29, 0.717) is 0 Å². The second-order valence-electron chi connectivity index (χ2n) is 4.35. The third-order valence-corrected chi connectivity index (χ3v) is 2.84. The summed E-state index contributed by atoms with van der Waals surface area (Å²) in [6, 6.07) is 0. The fourth-order valence-corrected chi connectivity index (χ4v) is 1.86. The zero-order valence-electron chi connectivity index (χ0n) is 11.4. The maximum atomic E-state index is 12.3. The molecule has 2 heterocycles. The summed E-state index contributed by atoms with van der Waals surface area (Å²) >= 11 is 0. The Bertz CT molecular complexity index is 842. The van der Waals surface area contributed by atoms with Crippen LogP contribution in [0.15, 0.2) is 15.9 Å². The van der Waals surface area contributed by atoms with E-state index in [2.05, 4.69) is 15.8 Å². The van der Waals surface area contributed by atoms with Crippen LogP contribution in [0.5, 0.6) is 0 Å². The van der Waals surface area contributed by atoms with Crippen LogP contribution >= 0.6 is 0 Å². The Morgan fingerprint density at radius 1 is 1.38 bits per heavy atom. The number of hydrogen-bond acceptors (Lipinski definition) is 5. The SMILES string of the molecule is Cn1cnc2c1c(=O)n(CC(=O)NNC(=N)N)c(=O)n2C. The van der Waals surface area contributed by atoms with E-state index in [1.54, 1.807) is 7.05 Å². The van der Waals surface area contributed by atoms with Gasteiger partial charge in [0.2, 0.25) is 5.96 Å². The van der Waals surface area contributed by atoms with Gasteiger partial charge in [-0.3, -0.25) is 30.4 Å². The number of imidazole rings is 1. The number of amides is 1. The highest BCUT2D eigenvalue weighted by Gasteiger charge is 2.16. The summed E-state index contributed by atoms with van der Waals surface area (Å²) in [7, 11) is 3.07. The lowest BCUT2D eigenvalue weighted by molar-refractivity contribution is -0.122. The van der Waals surface area contributed by atoms with Crippen molar-refractivity contribution in [3.63, 3.8) is 0 Å². The van der Waals surface area contributed by atoms with E-state index in [1.165, 1.54) is 22.5 Å². The molecule has 2 aromatic heterocycles. The molecule has 0 atom stereocenters. The zero-order chi connectivity index (χ0) is 15.7. The first kappa shape index (κ1) is 14.3. The summed E-state index contributed by atoms with van der Waals surface area (Å²) in [5, 5.41) is 6.91. The van der Waals surface area contributed by atoms with Crippen LogP contribution in [0.4, 0.5) is 0 Å². The van der Waals surface area contributed by atoms with E-state index in [0.717, 1.165) is 4.57 Å². The lowest BCUT2D eigenvalue weighted by atomic mass is 10.4. The van der Waals surface area contributed by atoms with Crippen molar-refractivity contribution in [2.24, 2.45) is 19.8 Å². The first-order valence-electron chi connectivity index (χ1n) is 5.82. The van der Waals surface area contributed by atoms with Crippen LogP contribution in [-0.2, 0) is 25.4 Å². The van der Waals surface area contributed by atoms with Crippen molar-refractivity contribution in [3.8, 4) is 0 Å². The molecular weight excluding hydrogens is 280 g/mol. The molecule has 0 unspecified atom stereocenters. The van der Waals surface area contributed by atoms with Gasteiger partial charge in [-0.15, -0.1) is 0 Å². The maximum absolute atomic E-state index is 12.3. The molecule has 0 fully saturated rings. The third kappa shape index (κ3) is 2.48. The quantitative estimate of drug-likeness (QED) is 0.262. The normalized spacial score (nSPS) is 10.6. The van der Waals surface area contributed by atoms with Crippen molar-refractivity contribution in [1.82, 2.24) is 29.5 Å². The number of hydrogen-bond donors (Lipinski definition) is 4. The van der Waals surface area contributed by atoms with Gasteiger partial charge in [-0.05, 0) is 0 Å². The van der Waals surface area contributed by atoms with Gasteiger partial charge in [0.1, 0.15) is 6.54 Å². The van der Waals surface area contributed by atoms with Gasteiger partial charge >= 0.3 is 5.69 Å². The molecule has 0 spiro atoms. The predicted molar refractivity (Wildman–Crippen MR) is 73.4 cm³/mol. The Balaban J connectivity index is 2.47. The average Bonchev–Trinajstić information content (AvgIpc) is 2.81. The van der Waals surface area contributed by atoms with Crippen LogP contribution in [-0.4, -0.2) is 30.6 Å². The van der Waals surface area contributed by atoms with Crippen molar-refractivity contribution in [1.29, 1.82) is 5.41 Å². The lowest BCUT2D eigenvalue weighted by Gasteiger charge is -2.09. The Hall–Kier alpha value is -3.11. The number of guanidine groups is 1. The van der Waals surface area contributed by atoms with Gasteiger partial charge < -0.3 is 10.3 Å². The number of carbonyl (C=O) groups is 1. The van der Waals surface area contributed by atoms with Crippen LogP contribution in [0.2, 0.25) is 0 Å². The Labute approximate surface area is 117 Å². The van der Waals surface area contributed by atoms with Crippen LogP contribution in [0, 0.1) is 5.41 Å².